The smallest absolute Gasteiger partial charge is 0.435 e. The third kappa shape index (κ3) is 5.77. The summed E-state index contributed by atoms with van der Waals surface area (Å²) in [6.45, 7) is 9.30. The number of carbonyl (C=O) groups excluding carboxylic acids is 1. The van der Waals surface area contributed by atoms with Crippen LogP contribution in [-0.2, 0) is 11.3 Å². The van der Waals surface area contributed by atoms with Gasteiger partial charge in [-0.05, 0) is 63.1 Å². The molecule has 0 saturated carbocycles. The van der Waals surface area contributed by atoms with Crippen LogP contribution < -0.4 is 9.80 Å². The zero-order chi connectivity index (χ0) is 25.2. The van der Waals surface area contributed by atoms with Crippen molar-refractivity contribution < 1.29 is 9.53 Å². The Hall–Kier alpha value is -3.94. The first-order valence-electron chi connectivity index (χ1n) is 11.7. The van der Waals surface area contributed by atoms with E-state index in [9.17, 15) is 4.79 Å². The molecule has 0 bridgehead atoms. The molecule has 4 aromatic rings. The largest absolute Gasteiger partial charge is 0.442 e. The van der Waals surface area contributed by atoms with Crippen LogP contribution in [0.4, 0.5) is 16.3 Å². The first-order chi connectivity index (χ1) is 16.6. The second-order valence-corrected chi connectivity index (χ2v) is 9.63. The van der Waals surface area contributed by atoms with E-state index in [-0.39, 0.29) is 0 Å². The third-order valence-corrected chi connectivity index (χ3v) is 5.66. The third-order valence-electron chi connectivity index (χ3n) is 5.66. The molecule has 0 aliphatic carbocycles. The Morgan fingerprint density at radius 1 is 1.00 bits per heavy atom. The molecule has 2 aromatic heterocycles. The summed E-state index contributed by atoms with van der Waals surface area (Å²) in [6, 6.07) is 14.4. The van der Waals surface area contributed by atoms with Gasteiger partial charge >= 0.3 is 6.09 Å². The zero-order valence-corrected chi connectivity index (χ0v) is 21.2. The summed E-state index contributed by atoms with van der Waals surface area (Å²) in [5.74, 6) is 0.803. The van der Waals surface area contributed by atoms with Crippen LogP contribution in [0.15, 0.2) is 61.1 Å². The molecule has 0 amide bonds. The average molecular weight is 473 g/mol. The second kappa shape index (κ2) is 9.74. The molecule has 2 aromatic carbocycles. The number of nitrogens with zero attached hydrogens (tertiary/aromatic N) is 6. The minimum Gasteiger partial charge on any atom is -0.442 e. The van der Waals surface area contributed by atoms with Crippen molar-refractivity contribution >= 4 is 28.6 Å². The molecule has 0 saturated heterocycles. The van der Waals surface area contributed by atoms with E-state index < -0.39 is 11.7 Å². The van der Waals surface area contributed by atoms with Gasteiger partial charge in [0.25, 0.3) is 0 Å². The van der Waals surface area contributed by atoms with Crippen molar-refractivity contribution in [1.29, 1.82) is 0 Å². The molecule has 0 aliphatic heterocycles. The molecule has 4 rings (SSSR count). The SMILES string of the molecule is CCN(C)c1cccc(CN(C)c2cnc3cc(-c4cnn(C(=O)OC(C)(C)C)c4)ccc3n2)c1. The summed E-state index contributed by atoms with van der Waals surface area (Å²) in [5, 5.41) is 4.15. The molecule has 0 atom stereocenters. The Morgan fingerprint density at radius 2 is 1.80 bits per heavy atom. The Labute approximate surface area is 206 Å². The number of carbonyl (C=O) groups is 1. The maximum atomic E-state index is 12.3. The summed E-state index contributed by atoms with van der Waals surface area (Å²) in [6.07, 6.45) is 4.58. The lowest BCUT2D eigenvalue weighted by molar-refractivity contribution is 0.0514. The molecule has 8 heteroatoms. The van der Waals surface area contributed by atoms with Crippen molar-refractivity contribution in [2.75, 3.05) is 30.4 Å². The van der Waals surface area contributed by atoms with E-state index in [0.29, 0.717) is 0 Å². The molecule has 0 aliphatic rings. The number of aromatic nitrogens is 4. The molecule has 35 heavy (non-hydrogen) atoms. The van der Waals surface area contributed by atoms with Gasteiger partial charge in [0, 0.05) is 44.6 Å². The number of fused-ring (bicyclic) bond motifs is 1. The van der Waals surface area contributed by atoms with Crippen molar-refractivity contribution in [1.82, 2.24) is 19.7 Å². The van der Waals surface area contributed by atoms with E-state index >= 15 is 0 Å². The molecule has 182 valence electrons. The fraction of sp³-hybridized carbons (Fsp3) is 0.333. The lowest BCUT2D eigenvalue weighted by Crippen LogP contribution is -2.27. The van der Waals surface area contributed by atoms with Crippen LogP contribution in [0.2, 0.25) is 0 Å². The van der Waals surface area contributed by atoms with Crippen LogP contribution >= 0.6 is 0 Å². The van der Waals surface area contributed by atoms with E-state index in [4.69, 9.17) is 9.72 Å². The van der Waals surface area contributed by atoms with Crippen molar-refractivity contribution in [3.63, 3.8) is 0 Å². The van der Waals surface area contributed by atoms with Crippen molar-refractivity contribution in [3.8, 4) is 11.1 Å². The van der Waals surface area contributed by atoms with Crippen LogP contribution in [0.25, 0.3) is 22.2 Å². The van der Waals surface area contributed by atoms with Crippen molar-refractivity contribution in [3.05, 3.63) is 66.6 Å². The Balaban J connectivity index is 1.51. The van der Waals surface area contributed by atoms with Gasteiger partial charge in [-0.1, -0.05) is 18.2 Å². The first kappa shape index (κ1) is 24.2. The highest BCUT2D eigenvalue weighted by atomic mass is 16.6. The molecular weight excluding hydrogens is 440 g/mol. The molecule has 2 heterocycles. The Morgan fingerprint density at radius 3 is 2.54 bits per heavy atom. The molecule has 8 nitrogen and oxygen atoms in total. The van der Waals surface area contributed by atoms with E-state index in [1.807, 2.05) is 46.0 Å². The molecule has 0 unspecified atom stereocenters. The lowest BCUT2D eigenvalue weighted by atomic mass is 10.1. The minimum absolute atomic E-state index is 0.510. The predicted octanol–water partition coefficient (Wildman–Crippen LogP) is 5.37. The van der Waals surface area contributed by atoms with E-state index in [2.05, 4.69) is 58.1 Å². The Bertz CT molecular complexity index is 1340. The summed E-state index contributed by atoms with van der Waals surface area (Å²) in [7, 11) is 4.11. The summed E-state index contributed by atoms with van der Waals surface area (Å²) in [5.41, 5.74) is 5.11. The highest BCUT2D eigenvalue weighted by Crippen LogP contribution is 2.25. The van der Waals surface area contributed by atoms with E-state index in [1.165, 1.54) is 15.9 Å². The minimum atomic E-state index is -0.582. The fourth-order valence-corrected chi connectivity index (χ4v) is 3.67. The van der Waals surface area contributed by atoms with Gasteiger partial charge in [0.1, 0.15) is 11.4 Å². The normalized spacial score (nSPS) is 11.5. The number of benzene rings is 2. The highest BCUT2D eigenvalue weighted by Gasteiger charge is 2.19. The fourth-order valence-electron chi connectivity index (χ4n) is 3.67. The first-order valence-corrected chi connectivity index (χ1v) is 11.7. The number of rotatable bonds is 6. The maximum Gasteiger partial charge on any atom is 0.435 e. The van der Waals surface area contributed by atoms with Gasteiger partial charge in [-0.3, -0.25) is 4.98 Å². The predicted molar refractivity (Wildman–Crippen MR) is 140 cm³/mol. The van der Waals surface area contributed by atoms with Gasteiger partial charge in [-0.15, -0.1) is 0 Å². The van der Waals surface area contributed by atoms with Crippen LogP contribution in [0.3, 0.4) is 0 Å². The number of anilines is 2. The van der Waals surface area contributed by atoms with Gasteiger partial charge in [0.15, 0.2) is 0 Å². The van der Waals surface area contributed by atoms with Gasteiger partial charge in [-0.2, -0.15) is 9.78 Å². The zero-order valence-electron chi connectivity index (χ0n) is 21.2. The van der Waals surface area contributed by atoms with Crippen LogP contribution in [0.5, 0.6) is 0 Å². The van der Waals surface area contributed by atoms with Gasteiger partial charge in [0.2, 0.25) is 0 Å². The molecule has 0 radical (unpaired) electrons. The number of ether oxygens (including phenoxy) is 1. The molecule has 0 fully saturated rings. The van der Waals surface area contributed by atoms with Crippen LogP contribution in [0, 0.1) is 0 Å². The second-order valence-electron chi connectivity index (χ2n) is 9.63. The molecular formula is C27H32N6O2. The van der Waals surface area contributed by atoms with Crippen molar-refractivity contribution in [2.45, 2.75) is 39.8 Å². The van der Waals surface area contributed by atoms with Gasteiger partial charge in [0.05, 0.1) is 23.4 Å². The quantitative estimate of drug-likeness (QED) is 0.373. The van der Waals surface area contributed by atoms with Crippen molar-refractivity contribution in [2.24, 2.45) is 0 Å². The topological polar surface area (TPSA) is 76.4 Å². The van der Waals surface area contributed by atoms with Gasteiger partial charge < -0.3 is 14.5 Å². The average Bonchev–Trinajstić information content (AvgIpc) is 3.32. The molecule has 0 spiro atoms. The summed E-state index contributed by atoms with van der Waals surface area (Å²) >= 11 is 0. The number of hydrogen-bond acceptors (Lipinski definition) is 7. The monoisotopic (exact) mass is 472 g/mol. The summed E-state index contributed by atoms with van der Waals surface area (Å²) in [4.78, 5) is 26.0. The lowest BCUT2D eigenvalue weighted by Gasteiger charge is -2.21. The number of hydrogen-bond donors (Lipinski definition) is 0. The summed E-state index contributed by atoms with van der Waals surface area (Å²) < 4.78 is 6.59. The standard InChI is InChI=1S/C27H32N6O2/c1-7-31(5)22-10-8-9-19(13-22)17-32(6)25-16-28-24-14-20(11-12-23(24)30-25)21-15-29-33(18-21)26(34)35-27(2,3)4/h8-16,18H,7,17H2,1-6H3. The van der Waals surface area contributed by atoms with E-state index in [0.717, 1.165) is 41.1 Å². The Kier molecular flexibility index (Phi) is 6.73. The van der Waals surface area contributed by atoms with E-state index in [1.54, 1.807) is 18.6 Å². The van der Waals surface area contributed by atoms with Gasteiger partial charge in [-0.25, -0.2) is 9.78 Å². The highest BCUT2D eigenvalue weighted by molar-refractivity contribution is 5.82. The van der Waals surface area contributed by atoms with Crippen LogP contribution in [-0.4, -0.2) is 52.1 Å². The van der Waals surface area contributed by atoms with Crippen LogP contribution in [0.1, 0.15) is 33.3 Å². The maximum absolute atomic E-state index is 12.3. The molecule has 0 N–H and O–H groups in total.